The SMILES string of the molecule is COc1cc(/C=N/NC(=S)Nc2c(C)cccc2C)cc(O)c1O. The first-order valence-electron chi connectivity index (χ1n) is 7.18. The van der Waals surface area contributed by atoms with Crippen molar-refractivity contribution in [3.63, 3.8) is 0 Å². The second kappa shape index (κ2) is 7.65. The molecule has 0 amide bonds. The lowest BCUT2D eigenvalue weighted by molar-refractivity contribution is 0.351. The number of phenols is 2. The number of phenolic OH excluding ortho intramolecular Hbond substituents is 2. The lowest BCUT2D eigenvalue weighted by Gasteiger charge is -2.12. The van der Waals surface area contributed by atoms with E-state index < -0.39 is 0 Å². The number of nitrogens with zero attached hydrogens (tertiary/aromatic N) is 1. The Hall–Kier alpha value is -2.80. The summed E-state index contributed by atoms with van der Waals surface area (Å²) in [5.74, 6) is -0.436. The van der Waals surface area contributed by atoms with Crippen LogP contribution >= 0.6 is 12.2 Å². The zero-order valence-corrected chi connectivity index (χ0v) is 14.4. The van der Waals surface area contributed by atoms with E-state index in [2.05, 4.69) is 15.8 Å². The summed E-state index contributed by atoms with van der Waals surface area (Å²) in [5, 5.41) is 26.7. The molecule has 126 valence electrons. The van der Waals surface area contributed by atoms with E-state index in [0.29, 0.717) is 10.7 Å². The molecule has 0 spiro atoms. The molecule has 2 aromatic rings. The molecule has 6 nitrogen and oxygen atoms in total. The molecule has 0 heterocycles. The molecule has 7 heteroatoms. The largest absolute Gasteiger partial charge is 0.504 e. The molecule has 0 saturated carbocycles. The summed E-state index contributed by atoms with van der Waals surface area (Å²) in [6.45, 7) is 3.99. The smallest absolute Gasteiger partial charge is 0.200 e. The number of nitrogens with one attached hydrogen (secondary N) is 2. The Balaban J connectivity index is 2.04. The zero-order chi connectivity index (χ0) is 17.7. The van der Waals surface area contributed by atoms with Crippen molar-refractivity contribution < 1.29 is 14.9 Å². The standard InChI is InChI=1S/C17H19N3O3S/c1-10-5-4-6-11(2)15(10)19-17(24)20-18-9-12-7-13(21)16(22)14(8-12)23-3/h4-9,21-22H,1-3H3,(H2,19,20,24)/b18-9+. The number of benzene rings is 2. The molecule has 0 aliphatic rings. The highest BCUT2D eigenvalue weighted by Gasteiger charge is 2.08. The van der Waals surface area contributed by atoms with Gasteiger partial charge in [0, 0.05) is 11.3 Å². The van der Waals surface area contributed by atoms with Gasteiger partial charge in [0.25, 0.3) is 0 Å². The van der Waals surface area contributed by atoms with Crippen LogP contribution in [0, 0.1) is 13.8 Å². The third-order valence-corrected chi connectivity index (χ3v) is 3.59. The molecular weight excluding hydrogens is 326 g/mol. The van der Waals surface area contributed by atoms with Crippen molar-refractivity contribution in [3.05, 3.63) is 47.0 Å². The number of anilines is 1. The lowest BCUT2D eigenvalue weighted by atomic mass is 10.1. The summed E-state index contributed by atoms with van der Waals surface area (Å²) in [4.78, 5) is 0. The molecular formula is C17H19N3O3S. The van der Waals surface area contributed by atoms with Crippen LogP contribution in [-0.4, -0.2) is 28.6 Å². The molecule has 2 rings (SSSR count). The predicted octanol–water partition coefficient (Wildman–Crippen LogP) is 3.04. The summed E-state index contributed by atoms with van der Waals surface area (Å²) in [7, 11) is 1.40. The Morgan fingerprint density at radius 3 is 2.50 bits per heavy atom. The molecule has 24 heavy (non-hydrogen) atoms. The van der Waals surface area contributed by atoms with Crippen LogP contribution in [0.25, 0.3) is 0 Å². The van der Waals surface area contributed by atoms with Crippen LogP contribution in [0.4, 0.5) is 5.69 Å². The molecule has 0 unspecified atom stereocenters. The van der Waals surface area contributed by atoms with Crippen molar-refractivity contribution in [1.29, 1.82) is 0 Å². The first-order valence-corrected chi connectivity index (χ1v) is 7.59. The lowest BCUT2D eigenvalue weighted by Crippen LogP contribution is -2.24. The van der Waals surface area contributed by atoms with Crippen LogP contribution in [0.5, 0.6) is 17.2 Å². The van der Waals surface area contributed by atoms with Gasteiger partial charge >= 0.3 is 0 Å². The summed E-state index contributed by atoms with van der Waals surface area (Å²) < 4.78 is 4.97. The average Bonchev–Trinajstić information content (AvgIpc) is 2.54. The number of hydrogen-bond donors (Lipinski definition) is 4. The highest BCUT2D eigenvalue weighted by molar-refractivity contribution is 7.80. The molecule has 2 aromatic carbocycles. The van der Waals surface area contributed by atoms with Crippen molar-refractivity contribution in [1.82, 2.24) is 5.43 Å². The highest BCUT2D eigenvalue weighted by atomic mass is 32.1. The molecule has 0 aromatic heterocycles. The van der Waals surface area contributed by atoms with Crippen LogP contribution < -0.4 is 15.5 Å². The van der Waals surface area contributed by atoms with E-state index >= 15 is 0 Å². The first-order chi connectivity index (χ1) is 11.4. The summed E-state index contributed by atoms with van der Waals surface area (Å²) in [5.41, 5.74) is 6.36. The van der Waals surface area contributed by atoms with E-state index in [1.165, 1.54) is 19.4 Å². The molecule has 0 fully saturated rings. The van der Waals surface area contributed by atoms with Gasteiger partial charge in [0.15, 0.2) is 16.6 Å². The van der Waals surface area contributed by atoms with Gasteiger partial charge in [-0.05, 0) is 49.3 Å². The highest BCUT2D eigenvalue weighted by Crippen LogP contribution is 2.35. The van der Waals surface area contributed by atoms with E-state index in [1.54, 1.807) is 6.07 Å². The van der Waals surface area contributed by atoms with Crippen molar-refractivity contribution in [2.24, 2.45) is 5.10 Å². The maximum absolute atomic E-state index is 9.63. The minimum atomic E-state index is -0.310. The normalized spacial score (nSPS) is 10.6. The number of aromatic hydroxyl groups is 2. The minimum absolute atomic E-state index is 0.160. The van der Waals surface area contributed by atoms with Gasteiger partial charge in [-0.3, -0.25) is 5.43 Å². The van der Waals surface area contributed by atoms with Crippen molar-refractivity contribution in [3.8, 4) is 17.2 Å². The predicted molar refractivity (Wildman–Crippen MR) is 99.2 cm³/mol. The van der Waals surface area contributed by atoms with Gasteiger partial charge in [-0.15, -0.1) is 0 Å². The fraction of sp³-hybridized carbons (Fsp3) is 0.176. The number of para-hydroxylation sites is 1. The fourth-order valence-corrected chi connectivity index (χ4v) is 2.32. The Labute approximate surface area is 145 Å². The topological polar surface area (TPSA) is 86.1 Å². The van der Waals surface area contributed by atoms with E-state index in [1.807, 2.05) is 32.0 Å². The second-order valence-corrected chi connectivity index (χ2v) is 5.59. The summed E-state index contributed by atoms with van der Waals surface area (Å²) in [6.07, 6.45) is 1.46. The van der Waals surface area contributed by atoms with E-state index in [9.17, 15) is 10.2 Å². The Morgan fingerprint density at radius 1 is 1.21 bits per heavy atom. The van der Waals surface area contributed by atoms with E-state index in [4.69, 9.17) is 17.0 Å². The number of ether oxygens (including phenoxy) is 1. The molecule has 4 N–H and O–H groups in total. The Kier molecular flexibility index (Phi) is 5.59. The number of thiocarbonyl (C=S) groups is 1. The van der Waals surface area contributed by atoms with Crippen molar-refractivity contribution in [2.45, 2.75) is 13.8 Å². The Morgan fingerprint density at radius 2 is 1.88 bits per heavy atom. The van der Waals surface area contributed by atoms with Crippen molar-refractivity contribution >= 4 is 29.2 Å². The first kappa shape index (κ1) is 17.6. The van der Waals surface area contributed by atoms with Gasteiger partial charge in [-0.25, -0.2) is 0 Å². The van der Waals surface area contributed by atoms with Crippen LogP contribution in [-0.2, 0) is 0 Å². The maximum Gasteiger partial charge on any atom is 0.200 e. The van der Waals surface area contributed by atoms with E-state index in [-0.39, 0.29) is 17.2 Å². The average molecular weight is 345 g/mol. The van der Waals surface area contributed by atoms with Gasteiger partial charge < -0.3 is 20.3 Å². The van der Waals surface area contributed by atoms with Gasteiger partial charge in [-0.1, -0.05) is 18.2 Å². The molecule has 0 bridgehead atoms. The number of methoxy groups -OCH3 is 1. The second-order valence-electron chi connectivity index (χ2n) is 5.18. The summed E-state index contributed by atoms with van der Waals surface area (Å²) >= 11 is 5.22. The minimum Gasteiger partial charge on any atom is -0.504 e. The number of aryl methyl sites for hydroxylation is 2. The molecule has 0 atom stereocenters. The quantitative estimate of drug-likeness (QED) is 0.295. The monoisotopic (exact) mass is 345 g/mol. The Bertz CT molecular complexity index is 771. The zero-order valence-electron chi connectivity index (χ0n) is 13.6. The number of hydrogen-bond acceptors (Lipinski definition) is 5. The third-order valence-electron chi connectivity index (χ3n) is 3.40. The number of hydrazone groups is 1. The van der Waals surface area contributed by atoms with Gasteiger partial charge in [-0.2, -0.15) is 5.10 Å². The van der Waals surface area contributed by atoms with Crippen molar-refractivity contribution in [2.75, 3.05) is 12.4 Å². The van der Waals surface area contributed by atoms with Crippen LogP contribution in [0.2, 0.25) is 0 Å². The fourth-order valence-electron chi connectivity index (χ4n) is 2.16. The molecule has 0 aliphatic carbocycles. The maximum atomic E-state index is 9.63. The van der Waals surface area contributed by atoms with Gasteiger partial charge in [0.05, 0.1) is 13.3 Å². The third kappa shape index (κ3) is 4.14. The van der Waals surface area contributed by atoms with Crippen LogP contribution in [0.1, 0.15) is 16.7 Å². The van der Waals surface area contributed by atoms with Gasteiger partial charge in [0.2, 0.25) is 5.75 Å². The van der Waals surface area contributed by atoms with Gasteiger partial charge in [0.1, 0.15) is 0 Å². The summed E-state index contributed by atoms with van der Waals surface area (Å²) in [6, 6.07) is 8.88. The molecule has 0 radical (unpaired) electrons. The molecule has 0 aliphatic heterocycles. The van der Waals surface area contributed by atoms with Crippen LogP contribution in [0.15, 0.2) is 35.4 Å². The van der Waals surface area contributed by atoms with E-state index in [0.717, 1.165) is 16.8 Å². The van der Waals surface area contributed by atoms with Crippen LogP contribution in [0.3, 0.4) is 0 Å². The molecule has 0 saturated heterocycles. The number of rotatable bonds is 4.